The minimum atomic E-state index is 0.0853. The second-order valence-electron chi connectivity index (χ2n) is 19.1. The van der Waals surface area contributed by atoms with Gasteiger partial charge in [0.2, 0.25) is 13.4 Å². The summed E-state index contributed by atoms with van der Waals surface area (Å²) in [6, 6.07) is 55.9. The van der Waals surface area contributed by atoms with Gasteiger partial charge in [-0.05, 0) is 141 Å². The molecule has 0 aromatic heterocycles. The van der Waals surface area contributed by atoms with Crippen LogP contribution >= 0.6 is 0 Å². The van der Waals surface area contributed by atoms with Crippen LogP contribution in [-0.2, 0) is 0 Å². The third-order valence-electron chi connectivity index (χ3n) is 15.2. The van der Waals surface area contributed by atoms with Crippen LogP contribution in [0.5, 0.6) is 0 Å². The van der Waals surface area contributed by atoms with Crippen LogP contribution in [0.15, 0.2) is 156 Å². The molecule has 0 amide bonds. The number of nitrogens with zero attached hydrogens (tertiary/aromatic N) is 2. The van der Waals surface area contributed by atoms with Gasteiger partial charge in [-0.15, -0.1) is 0 Å². The topological polar surface area (TPSA) is 24.7 Å². The molecule has 0 spiro atoms. The quantitative estimate of drug-likeness (QED) is 0.123. The molecule has 0 fully saturated rings. The third kappa shape index (κ3) is 4.63. The monoisotopic (exact) mass is 812 g/mol. The first-order valence-corrected chi connectivity index (χ1v) is 22.8. The molecule has 298 valence electrons. The average Bonchev–Trinajstić information content (AvgIpc) is 3.29. The van der Waals surface area contributed by atoms with Gasteiger partial charge in [-0.3, -0.25) is 0 Å². The highest BCUT2D eigenvalue weighted by Crippen LogP contribution is 2.45. The van der Waals surface area contributed by atoms with Crippen molar-refractivity contribution in [3.8, 4) is 22.3 Å². The van der Waals surface area contributed by atoms with Crippen molar-refractivity contribution >= 4 is 101 Å². The molecule has 0 radical (unpaired) electrons. The molecule has 0 unspecified atom stereocenters. The molecule has 0 saturated heterocycles. The van der Waals surface area contributed by atoms with Crippen molar-refractivity contribution in [2.24, 2.45) is 9.98 Å². The van der Waals surface area contributed by atoms with Gasteiger partial charge in [0.05, 0.1) is 22.8 Å². The Balaban J connectivity index is 1.05. The van der Waals surface area contributed by atoms with Gasteiger partial charge in [-0.25, -0.2) is 9.98 Å². The van der Waals surface area contributed by atoms with Crippen molar-refractivity contribution < 1.29 is 0 Å². The summed E-state index contributed by atoms with van der Waals surface area (Å²) in [7, 11) is 0. The number of aliphatic imine (C=N–C) groups is 2. The van der Waals surface area contributed by atoms with E-state index in [2.05, 4.69) is 187 Å². The highest BCUT2D eigenvalue weighted by molar-refractivity contribution is 7.02. The number of hydrogen-bond acceptors (Lipinski definition) is 2. The van der Waals surface area contributed by atoms with E-state index in [1.54, 1.807) is 0 Å². The molecule has 64 heavy (non-hydrogen) atoms. The fourth-order valence-corrected chi connectivity index (χ4v) is 13.0. The molecule has 4 heteroatoms. The molecular weight excluding hydrogens is 770 g/mol. The van der Waals surface area contributed by atoms with E-state index in [4.69, 9.17) is 9.98 Å². The van der Waals surface area contributed by atoms with Crippen LogP contribution in [-0.4, -0.2) is 24.8 Å². The van der Waals surface area contributed by atoms with Gasteiger partial charge in [0.15, 0.2) is 0 Å². The van der Waals surface area contributed by atoms with E-state index in [-0.39, 0.29) is 13.4 Å². The second-order valence-corrected chi connectivity index (χ2v) is 19.1. The van der Waals surface area contributed by atoms with Crippen molar-refractivity contribution in [2.45, 2.75) is 41.5 Å². The highest BCUT2D eigenvalue weighted by atomic mass is 14.8. The van der Waals surface area contributed by atoms with Crippen LogP contribution in [0.2, 0.25) is 0 Å². The Hall–Kier alpha value is -7.29. The molecule has 10 aromatic rings. The van der Waals surface area contributed by atoms with E-state index in [0.29, 0.717) is 0 Å². The van der Waals surface area contributed by atoms with Crippen LogP contribution < -0.4 is 32.8 Å². The lowest BCUT2D eigenvalue weighted by molar-refractivity contribution is 1.28. The van der Waals surface area contributed by atoms with Gasteiger partial charge in [-0.1, -0.05) is 189 Å². The lowest BCUT2D eigenvalue weighted by Gasteiger charge is -2.37. The molecule has 0 aliphatic carbocycles. The van der Waals surface area contributed by atoms with Gasteiger partial charge < -0.3 is 0 Å². The summed E-state index contributed by atoms with van der Waals surface area (Å²) in [6.07, 6.45) is 0. The minimum absolute atomic E-state index is 0.0853. The Labute approximate surface area is 374 Å². The first-order valence-electron chi connectivity index (χ1n) is 22.8. The number of rotatable bonds is 2. The predicted octanol–water partition coefficient (Wildman–Crippen LogP) is 10.4. The summed E-state index contributed by atoms with van der Waals surface area (Å²) in [5.74, 6) is 0. The first-order chi connectivity index (χ1) is 31.2. The first kappa shape index (κ1) is 36.2. The molecule has 0 atom stereocenters. The lowest BCUT2D eigenvalue weighted by Crippen LogP contribution is -2.61. The van der Waals surface area contributed by atoms with Crippen molar-refractivity contribution in [1.82, 2.24) is 0 Å². The number of benzene rings is 10. The smallest absolute Gasteiger partial charge is 0.244 e. The average molecular weight is 813 g/mol. The zero-order chi connectivity index (χ0) is 42.9. The summed E-state index contributed by atoms with van der Waals surface area (Å²) in [6.45, 7) is 13.3. The molecule has 4 aliphatic rings. The highest BCUT2D eigenvalue weighted by Gasteiger charge is 2.43. The van der Waals surface area contributed by atoms with Crippen molar-refractivity contribution in [3.05, 3.63) is 201 Å². The normalized spacial score (nSPS) is 15.0. The van der Waals surface area contributed by atoms with Crippen LogP contribution in [0, 0.1) is 41.5 Å². The van der Waals surface area contributed by atoms with E-state index >= 15 is 0 Å². The molecule has 4 heterocycles. The van der Waals surface area contributed by atoms with Crippen molar-refractivity contribution in [3.63, 3.8) is 0 Å². The van der Waals surface area contributed by atoms with Crippen molar-refractivity contribution in [2.75, 3.05) is 0 Å². The number of hydrogen-bond donors (Lipinski definition) is 0. The van der Waals surface area contributed by atoms with Crippen LogP contribution in [0.3, 0.4) is 0 Å². The standard InChI is InChI=1S/C60H42B2N2/c1-31-25-33(3)57(34(4)26-31)63-59-43-13-7-9-19-47(43)61-49-29-37-22-24-40-42-16-12-18-46-56(42)62(48-20-10-8-14-44(48)60(46)64-58-35(5)27-32(2)28-36(58)6)50-30-38-21-23-39(41-15-11-17-45(59)55(41)61)53(49)51(38)52(37)54(40)50/h7-30H,1-6H3. The Bertz CT molecular complexity index is 3570. The lowest BCUT2D eigenvalue weighted by atomic mass is 9.30. The summed E-state index contributed by atoms with van der Waals surface area (Å²) >= 11 is 0. The molecule has 2 nitrogen and oxygen atoms in total. The maximum absolute atomic E-state index is 5.60. The summed E-state index contributed by atoms with van der Waals surface area (Å²) in [5.41, 5.74) is 30.1. The molecule has 0 N–H and O–H groups in total. The Morgan fingerprint density at radius 2 is 0.688 bits per heavy atom. The van der Waals surface area contributed by atoms with Gasteiger partial charge in [0.1, 0.15) is 0 Å². The predicted molar refractivity (Wildman–Crippen MR) is 275 cm³/mol. The molecule has 14 rings (SSSR count). The molecule has 0 bridgehead atoms. The van der Waals surface area contributed by atoms with Gasteiger partial charge in [0.25, 0.3) is 0 Å². The van der Waals surface area contributed by atoms with Gasteiger partial charge in [-0.2, -0.15) is 0 Å². The summed E-state index contributed by atoms with van der Waals surface area (Å²) in [5, 5.41) is 8.19. The van der Waals surface area contributed by atoms with E-state index in [1.807, 2.05) is 0 Å². The fourth-order valence-electron chi connectivity index (χ4n) is 13.0. The fraction of sp³-hybridized carbons (Fsp3) is 0.100. The Morgan fingerprint density at radius 3 is 1.11 bits per heavy atom. The van der Waals surface area contributed by atoms with E-state index < -0.39 is 0 Å². The Kier molecular flexibility index (Phi) is 7.17. The van der Waals surface area contributed by atoms with Crippen molar-refractivity contribution in [1.29, 1.82) is 0 Å². The van der Waals surface area contributed by atoms with Gasteiger partial charge in [0, 0.05) is 0 Å². The van der Waals surface area contributed by atoms with Gasteiger partial charge >= 0.3 is 0 Å². The zero-order valence-electron chi connectivity index (χ0n) is 36.9. The largest absolute Gasteiger partial charge is 0.247 e. The minimum Gasteiger partial charge on any atom is -0.247 e. The molecule has 0 saturated carbocycles. The molecule has 4 aliphatic heterocycles. The summed E-state index contributed by atoms with van der Waals surface area (Å²) < 4.78 is 0. The van der Waals surface area contributed by atoms with Crippen LogP contribution in [0.1, 0.15) is 55.6 Å². The van der Waals surface area contributed by atoms with Crippen LogP contribution in [0.25, 0.3) is 54.6 Å². The maximum Gasteiger partial charge on any atom is 0.244 e. The zero-order valence-corrected chi connectivity index (χ0v) is 36.9. The van der Waals surface area contributed by atoms with E-state index in [0.717, 1.165) is 22.8 Å². The second kappa shape index (κ2) is 12.7. The van der Waals surface area contributed by atoms with E-state index in [9.17, 15) is 0 Å². The summed E-state index contributed by atoms with van der Waals surface area (Å²) in [4.78, 5) is 11.2. The Morgan fingerprint density at radius 1 is 0.312 bits per heavy atom. The molecule has 10 aromatic carbocycles. The third-order valence-corrected chi connectivity index (χ3v) is 15.2. The van der Waals surface area contributed by atoms with E-state index in [1.165, 1.54) is 143 Å². The number of aryl methyl sites for hydroxylation is 6. The number of fused-ring (bicyclic) bond motifs is 8. The SMILES string of the molecule is Cc1cc(C)c(N=C2c3ccccc3B3c4c2cccc4-c2ccc4cc5c6c(ccc7cc3c2c4c76)-c2cccc3c2B5c2ccccc2C3=Nc2c(C)cc(C)cc2C)c(C)c1. The maximum atomic E-state index is 5.60. The molecular formula is C60H42B2N2. The van der Waals surface area contributed by atoms with Crippen LogP contribution in [0.4, 0.5) is 11.4 Å².